The summed E-state index contributed by atoms with van der Waals surface area (Å²) in [4.78, 5) is 12.7. The minimum Gasteiger partial charge on any atom is -0.461 e. The number of nitrogens with one attached hydrogen (secondary N) is 2. The van der Waals surface area contributed by atoms with Gasteiger partial charge in [0.2, 0.25) is 11.9 Å². The van der Waals surface area contributed by atoms with Crippen molar-refractivity contribution in [3.63, 3.8) is 0 Å². The molecule has 0 aromatic carbocycles. The van der Waals surface area contributed by atoms with Crippen LogP contribution in [0, 0.1) is 0 Å². The third-order valence-corrected chi connectivity index (χ3v) is 2.08. The Hall–Kier alpha value is -1.63. The Bertz CT molecular complexity index is 386. The van der Waals surface area contributed by atoms with Crippen LogP contribution in [0.25, 0.3) is 0 Å². The Balaban J connectivity index is 2.85. The molecule has 1 aromatic heterocycles. The predicted octanol–water partition coefficient (Wildman–Crippen LogP) is 1.54. The second kappa shape index (κ2) is 7.73. The Labute approximate surface area is 114 Å². The van der Waals surface area contributed by atoms with Gasteiger partial charge >= 0.3 is 6.01 Å². The molecule has 0 bridgehead atoms. The first-order chi connectivity index (χ1) is 9.05. The highest BCUT2D eigenvalue weighted by Gasteiger charge is 2.10. The van der Waals surface area contributed by atoms with Crippen LogP contribution >= 0.6 is 0 Å². The Morgan fingerprint density at radius 1 is 1.11 bits per heavy atom. The molecule has 0 spiro atoms. The number of nitrogens with zero attached hydrogens (tertiary/aromatic N) is 3. The van der Waals surface area contributed by atoms with Gasteiger partial charge in [-0.2, -0.15) is 15.0 Å². The lowest BCUT2D eigenvalue weighted by molar-refractivity contribution is 0.190. The van der Waals surface area contributed by atoms with Crippen LogP contribution in [0.1, 0.15) is 27.7 Å². The van der Waals surface area contributed by atoms with E-state index in [9.17, 15) is 0 Å². The SMILES string of the molecule is CCNc1nc(NC(C)COC)nc(OC(C)C)n1. The van der Waals surface area contributed by atoms with E-state index in [2.05, 4.69) is 25.6 Å². The van der Waals surface area contributed by atoms with E-state index in [0.717, 1.165) is 6.54 Å². The van der Waals surface area contributed by atoms with Crippen LogP contribution in [-0.2, 0) is 4.74 Å². The van der Waals surface area contributed by atoms with Crippen molar-refractivity contribution in [1.29, 1.82) is 0 Å². The molecule has 0 saturated carbocycles. The maximum absolute atomic E-state index is 5.51. The number of methoxy groups -OCH3 is 1. The summed E-state index contributed by atoms with van der Waals surface area (Å²) in [7, 11) is 1.66. The summed E-state index contributed by atoms with van der Waals surface area (Å²) in [5, 5.41) is 6.20. The lowest BCUT2D eigenvalue weighted by Crippen LogP contribution is -2.23. The maximum Gasteiger partial charge on any atom is 0.323 e. The molecule has 1 atom stereocenters. The highest BCUT2D eigenvalue weighted by Crippen LogP contribution is 2.13. The monoisotopic (exact) mass is 269 g/mol. The molecule has 7 nitrogen and oxygen atoms in total. The van der Waals surface area contributed by atoms with Gasteiger partial charge in [0.25, 0.3) is 0 Å². The smallest absolute Gasteiger partial charge is 0.323 e. The van der Waals surface area contributed by atoms with Gasteiger partial charge < -0.3 is 20.1 Å². The third-order valence-electron chi connectivity index (χ3n) is 2.08. The molecule has 0 saturated heterocycles. The zero-order chi connectivity index (χ0) is 14.3. The molecule has 2 N–H and O–H groups in total. The maximum atomic E-state index is 5.51. The van der Waals surface area contributed by atoms with Crippen molar-refractivity contribution in [2.75, 3.05) is 30.9 Å². The van der Waals surface area contributed by atoms with E-state index < -0.39 is 0 Å². The molecule has 1 unspecified atom stereocenters. The molecule has 0 aliphatic heterocycles. The molecule has 1 heterocycles. The molecule has 0 aliphatic rings. The van der Waals surface area contributed by atoms with Crippen LogP contribution in [0.15, 0.2) is 0 Å². The van der Waals surface area contributed by atoms with Crippen molar-refractivity contribution in [2.45, 2.75) is 39.8 Å². The van der Waals surface area contributed by atoms with Crippen LogP contribution in [-0.4, -0.2) is 47.4 Å². The number of ether oxygens (including phenoxy) is 2. The average molecular weight is 269 g/mol. The largest absolute Gasteiger partial charge is 0.461 e. The van der Waals surface area contributed by atoms with Crippen molar-refractivity contribution < 1.29 is 9.47 Å². The van der Waals surface area contributed by atoms with Gasteiger partial charge in [-0.25, -0.2) is 0 Å². The summed E-state index contributed by atoms with van der Waals surface area (Å²) in [6.45, 7) is 9.13. The number of hydrogen-bond donors (Lipinski definition) is 2. The fourth-order valence-corrected chi connectivity index (χ4v) is 1.43. The number of rotatable bonds is 8. The van der Waals surface area contributed by atoms with Gasteiger partial charge in [-0.05, 0) is 27.7 Å². The quantitative estimate of drug-likeness (QED) is 0.740. The van der Waals surface area contributed by atoms with Crippen LogP contribution in [0.3, 0.4) is 0 Å². The van der Waals surface area contributed by atoms with E-state index in [1.807, 2.05) is 27.7 Å². The Morgan fingerprint density at radius 2 is 1.79 bits per heavy atom. The van der Waals surface area contributed by atoms with E-state index >= 15 is 0 Å². The second-order valence-corrected chi connectivity index (χ2v) is 4.46. The zero-order valence-corrected chi connectivity index (χ0v) is 12.2. The minimum absolute atomic E-state index is 0.0149. The summed E-state index contributed by atoms with van der Waals surface area (Å²) in [6.07, 6.45) is 0.0149. The Morgan fingerprint density at radius 3 is 2.37 bits per heavy atom. The first-order valence-corrected chi connectivity index (χ1v) is 6.47. The first kappa shape index (κ1) is 15.4. The van der Waals surface area contributed by atoms with Crippen molar-refractivity contribution in [1.82, 2.24) is 15.0 Å². The van der Waals surface area contributed by atoms with E-state index in [0.29, 0.717) is 24.5 Å². The van der Waals surface area contributed by atoms with Gasteiger partial charge in [0.05, 0.1) is 12.7 Å². The van der Waals surface area contributed by atoms with Crippen LogP contribution in [0.5, 0.6) is 6.01 Å². The molecule has 7 heteroatoms. The molecular formula is C12H23N5O2. The molecule has 108 valence electrons. The van der Waals surface area contributed by atoms with Crippen LogP contribution in [0.2, 0.25) is 0 Å². The summed E-state index contributed by atoms with van der Waals surface area (Å²) in [6, 6.07) is 0.418. The topological polar surface area (TPSA) is 81.2 Å². The lowest BCUT2D eigenvalue weighted by Gasteiger charge is -2.15. The van der Waals surface area contributed by atoms with Gasteiger partial charge in [-0.15, -0.1) is 0 Å². The Kier molecular flexibility index (Phi) is 6.27. The van der Waals surface area contributed by atoms with Crippen molar-refractivity contribution >= 4 is 11.9 Å². The molecule has 0 amide bonds. The average Bonchev–Trinajstić information content (AvgIpc) is 2.28. The normalized spacial score (nSPS) is 12.3. The number of anilines is 2. The third kappa shape index (κ3) is 5.69. The fraction of sp³-hybridized carbons (Fsp3) is 0.750. The zero-order valence-electron chi connectivity index (χ0n) is 12.2. The molecule has 19 heavy (non-hydrogen) atoms. The molecule has 1 rings (SSSR count). The van der Waals surface area contributed by atoms with E-state index in [1.165, 1.54) is 0 Å². The van der Waals surface area contributed by atoms with E-state index in [1.54, 1.807) is 7.11 Å². The molecule has 0 aliphatic carbocycles. The highest BCUT2D eigenvalue weighted by atomic mass is 16.5. The van der Waals surface area contributed by atoms with Crippen LogP contribution in [0.4, 0.5) is 11.9 Å². The number of aromatic nitrogens is 3. The summed E-state index contributed by atoms with van der Waals surface area (Å²) < 4.78 is 10.6. The summed E-state index contributed by atoms with van der Waals surface area (Å²) in [5.74, 6) is 0.978. The summed E-state index contributed by atoms with van der Waals surface area (Å²) >= 11 is 0. The van der Waals surface area contributed by atoms with Gasteiger partial charge in [0, 0.05) is 19.7 Å². The van der Waals surface area contributed by atoms with Crippen molar-refractivity contribution in [2.24, 2.45) is 0 Å². The predicted molar refractivity (Wildman–Crippen MR) is 74.7 cm³/mol. The first-order valence-electron chi connectivity index (χ1n) is 6.47. The molecule has 0 radical (unpaired) electrons. The van der Waals surface area contributed by atoms with Gasteiger partial charge in [-0.1, -0.05) is 0 Å². The summed E-state index contributed by atoms with van der Waals surface area (Å²) in [5.41, 5.74) is 0. The lowest BCUT2D eigenvalue weighted by atomic mass is 10.4. The number of hydrogen-bond acceptors (Lipinski definition) is 7. The van der Waals surface area contributed by atoms with Gasteiger partial charge in [-0.3, -0.25) is 0 Å². The standard InChI is InChI=1S/C12H23N5O2/c1-6-13-10-15-11(14-9(4)7-18-5)17-12(16-10)19-8(2)3/h8-9H,6-7H2,1-5H3,(H2,13,14,15,16,17). The second-order valence-electron chi connectivity index (χ2n) is 4.46. The van der Waals surface area contributed by atoms with Crippen molar-refractivity contribution in [3.8, 4) is 6.01 Å². The van der Waals surface area contributed by atoms with E-state index in [-0.39, 0.29) is 12.1 Å². The van der Waals surface area contributed by atoms with Gasteiger partial charge in [0.15, 0.2) is 0 Å². The molecule has 0 fully saturated rings. The minimum atomic E-state index is 0.0149. The van der Waals surface area contributed by atoms with Crippen molar-refractivity contribution in [3.05, 3.63) is 0 Å². The van der Waals surface area contributed by atoms with E-state index in [4.69, 9.17) is 9.47 Å². The van der Waals surface area contributed by atoms with Crippen LogP contribution < -0.4 is 15.4 Å². The molecule has 1 aromatic rings. The molecular weight excluding hydrogens is 246 g/mol. The fourth-order valence-electron chi connectivity index (χ4n) is 1.43. The highest BCUT2D eigenvalue weighted by molar-refractivity contribution is 5.36. The van der Waals surface area contributed by atoms with Gasteiger partial charge in [0.1, 0.15) is 0 Å².